The number of hydrogen-bond donors (Lipinski definition) is 1. The average molecular weight is 599 g/mol. The van der Waals surface area contributed by atoms with Gasteiger partial charge >= 0.3 is 0 Å². The molecule has 0 saturated heterocycles. The molecule has 1 N–H and O–H groups in total. The minimum atomic E-state index is -1.01. The number of hydrogen-bond acceptors (Lipinski definition) is 9. The fourth-order valence-electron chi connectivity index (χ4n) is 5.00. The molecule has 0 aliphatic carbocycles. The lowest BCUT2D eigenvalue weighted by Crippen LogP contribution is -2.42. The molecule has 2 aliphatic rings. The van der Waals surface area contributed by atoms with Crippen molar-refractivity contribution in [2.75, 3.05) is 24.7 Å². The summed E-state index contributed by atoms with van der Waals surface area (Å²) >= 11 is 1.24. The van der Waals surface area contributed by atoms with Crippen LogP contribution in [0.3, 0.4) is 0 Å². The Kier molecular flexibility index (Phi) is 8.06. The molecular formula is C32H30N4O6S. The molecule has 0 radical (unpaired) electrons. The fourth-order valence-corrected chi connectivity index (χ4v) is 5.84. The number of ether oxygens (including phenoxy) is 4. The van der Waals surface area contributed by atoms with Gasteiger partial charge in [0.05, 0.1) is 5.75 Å². The fraction of sp³-hybridized carbons (Fsp3) is 0.250. The largest absolute Gasteiger partial charge is 0.454 e. The summed E-state index contributed by atoms with van der Waals surface area (Å²) in [6, 6.07) is 19.2. The van der Waals surface area contributed by atoms with E-state index < -0.39 is 11.9 Å². The van der Waals surface area contributed by atoms with Gasteiger partial charge in [0.1, 0.15) is 6.04 Å². The van der Waals surface area contributed by atoms with Crippen molar-refractivity contribution in [3.8, 4) is 23.0 Å². The van der Waals surface area contributed by atoms with Gasteiger partial charge in [-0.05, 0) is 67.8 Å². The third-order valence-corrected chi connectivity index (χ3v) is 7.95. The molecule has 43 heavy (non-hydrogen) atoms. The maximum atomic E-state index is 14.2. The van der Waals surface area contributed by atoms with E-state index in [1.165, 1.54) is 11.8 Å². The highest BCUT2D eigenvalue weighted by Gasteiger charge is 2.34. The number of anilines is 1. The lowest BCUT2D eigenvalue weighted by Gasteiger charge is -2.32. The monoisotopic (exact) mass is 598 g/mol. The van der Waals surface area contributed by atoms with Gasteiger partial charge in [0.2, 0.25) is 19.5 Å². The second kappa shape index (κ2) is 12.2. The van der Waals surface area contributed by atoms with Gasteiger partial charge < -0.3 is 29.2 Å². The lowest BCUT2D eigenvalue weighted by molar-refractivity contribution is -0.137. The van der Waals surface area contributed by atoms with Gasteiger partial charge in [-0.2, -0.15) is 0 Å². The van der Waals surface area contributed by atoms with E-state index >= 15 is 0 Å². The van der Waals surface area contributed by atoms with Crippen LogP contribution < -0.4 is 24.3 Å². The van der Waals surface area contributed by atoms with Gasteiger partial charge in [-0.3, -0.25) is 9.59 Å². The number of aromatic nitrogens is 2. The van der Waals surface area contributed by atoms with Crippen molar-refractivity contribution in [2.45, 2.75) is 38.5 Å². The molecule has 2 aliphatic heterocycles. The molecule has 0 fully saturated rings. The summed E-state index contributed by atoms with van der Waals surface area (Å²) in [5, 5.41) is 3.50. The first kappa shape index (κ1) is 28.4. The van der Waals surface area contributed by atoms with E-state index in [4.69, 9.17) is 18.9 Å². The number of nitrogens with one attached hydrogen (secondary N) is 1. The van der Waals surface area contributed by atoms with Crippen molar-refractivity contribution in [1.29, 1.82) is 0 Å². The molecule has 1 unspecified atom stereocenters. The number of aryl methyl sites for hydroxylation is 3. The number of nitrogens with zero attached hydrogens (tertiary/aromatic N) is 3. The van der Waals surface area contributed by atoms with Gasteiger partial charge in [-0.1, -0.05) is 42.1 Å². The van der Waals surface area contributed by atoms with E-state index in [1.807, 2.05) is 51.1 Å². The second-order valence-corrected chi connectivity index (χ2v) is 11.2. The minimum absolute atomic E-state index is 0.0349. The summed E-state index contributed by atoms with van der Waals surface area (Å²) < 4.78 is 22.1. The van der Waals surface area contributed by atoms with Crippen molar-refractivity contribution in [2.24, 2.45) is 0 Å². The van der Waals surface area contributed by atoms with Gasteiger partial charge in [0, 0.05) is 29.7 Å². The molecule has 3 heterocycles. The predicted octanol–water partition coefficient (Wildman–Crippen LogP) is 5.36. The number of carbonyl (C=O) groups excluding carboxylic acids is 2. The maximum absolute atomic E-state index is 14.2. The summed E-state index contributed by atoms with van der Waals surface area (Å²) in [6.45, 7) is 6.17. The molecule has 1 aromatic heterocycles. The van der Waals surface area contributed by atoms with Gasteiger partial charge in [0.15, 0.2) is 28.2 Å². The Balaban J connectivity index is 1.37. The summed E-state index contributed by atoms with van der Waals surface area (Å²) in [4.78, 5) is 38.9. The maximum Gasteiger partial charge on any atom is 0.251 e. The summed E-state index contributed by atoms with van der Waals surface area (Å²) in [7, 11) is 0. The van der Waals surface area contributed by atoms with E-state index in [2.05, 4.69) is 15.3 Å². The number of carbonyl (C=O) groups is 2. The lowest BCUT2D eigenvalue weighted by atomic mass is 10.0. The second-order valence-electron chi connectivity index (χ2n) is 10.2. The third-order valence-electron chi connectivity index (χ3n) is 7.12. The summed E-state index contributed by atoms with van der Waals surface area (Å²) in [5.74, 6) is 1.62. The zero-order chi connectivity index (χ0) is 29.9. The van der Waals surface area contributed by atoms with Crippen molar-refractivity contribution in [3.05, 3.63) is 94.8 Å². The SMILES string of the molecule is Cc1cc(C)nc(SCC(=O)N(Cc2ccccc2C)C(C(=O)Nc2ccc3c(c2)OCO3)c2ccc3c(c2)OCO3)n1. The van der Waals surface area contributed by atoms with Crippen molar-refractivity contribution < 1.29 is 28.5 Å². The molecule has 0 saturated carbocycles. The Morgan fingerprint density at radius 1 is 0.837 bits per heavy atom. The van der Waals surface area contributed by atoms with Gasteiger partial charge in [-0.25, -0.2) is 9.97 Å². The molecule has 2 amide bonds. The molecule has 0 spiro atoms. The van der Waals surface area contributed by atoms with Crippen LogP contribution in [-0.2, 0) is 16.1 Å². The number of thioether (sulfide) groups is 1. The highest BCUT2D eigenvalue weighted by molar-refractivity contribution is 7.99. The quantitative estimate of drug-likeness (QED) is 0.201. The number of amides is 2. The number of fused-ring (bicyclic) bond motifs is 2. The molecule has 1 atom stereocenters. The molecule has 4 aromatic rings. The summed E-state index contributed by atoms with van der Waals surface area (Å²) in [5.41, 5.74) is 4.66. The van der Waals surface area contributed by atoms with Crippen molar-refractivity contribution in [1.82, 2.24) is 14.9 Å². The van der Waals surface area contributed by atoms with Gasteiger partial charge in [0.25, 0.3) is 5.91 Å². The van der Waals surface area contributed by atoms with Gasteiger partial charge in [-0.15, -0.1) is 0 Å². The van der Waals surface area contributed by atoms with Crippen LogP contribution in [0.5, 0.6) is 23.0 Å². The normalized spacial score (nSPS) is 13.5. The standard InChI is InChI=1S/C32H30N4O6S/c1-19-6-4-5-7-23(19)15-36(29(37)16-43-32-33-20(2)12-21(3)34-32)30(22-8-10-25-27(13-22)41-17-39-25)31(38)35-24-9-11-26-28(14-24)42-18-40-26/h4-14,30H,15-18H2,1-3H3,(H,35,38). The van der Waals surface area contributed by atoms with Crippen LogP contribution in [0.2, 0.25) is 0 Å². The molecule has 3 aromatic carbocycles. The first-order valence-corrected chi connectivity index (χ1v) is 14.7. The van der Waals surface area contributed by atoms with Crippen LogP contribution in [0, 0.1) is 20.8 Å². The number of benzene rings is 3. The molecule has 10 nitrogen and oxygen atoms in total. The smallest absolute Gasteiger partial charge is 0.251 e. The van der Waals surface area contributed by atoms with Crippen molar-refractivity contribution in [3.63, 3.8) is 0 Å². The topological polar surface area (TPSA) is 112 Å². The minimum Gasteiger partial charge on any atom is -0.454 e. The Morgan fingerprint density at radius 2 is 1.49 bits per heavy atom. The van der Waals surface area contributed by atoms with Crippen LogP contribution in [0.1, 0.15) is 34.1 Å². The Bertz CT molecular complexity index is 1680. The molecule has 220 valence electrons. The zero-order valence-electron chi connectivity index (χ0n) is 24.0. The Morgan fingerprint density at radius 3 is 2.21 bits per heavy atom. The van der Waals surface area contributed by atoms with E-state index in [1.54, 1.807) is 41.3 Å². The van der Waals surface area contributed by atoms with E-state index in [0.717, 1.165) is 22.5 Å². The molecule has 11 heteroatoms. The first-order chi connectivity index (χ1) is 20.8. The number of rotatable bonds is 9. The third kappa shape index (κ3) is 6.36. The van der Waals surface area contributed by atoms with E-state index in [9.17, 15) is 9.59 Å². The highest BCUT2D eigenvalue weighted by atomic mass is 32.2. The van der Waals surface area contributed by atoms with E-state index in [-0.39, 0.29) is 31.8 Å². The summed E-state index contributed by atoms with van der Waals surface area (Å²) in [6.07, 6.45) is 0. The van der Waals surface area contributed by atoms with E-state index in [0.29, 0.717) is 39.4 Å². The zero-order valence-corrected chi connectivity index (χ0v) is 24.8. The van der Waals surface area contributed by atoms with Crippen LogP contribution in [0.4, 0.5) is 5.69 Å². The van der Waals surface area contributed by atoms with Crippen molar-refractivity contribution >= 4 is 29.3 Å². The molecular weight excluding hydrogens is 568 g/mol. The molecule has 0 bridgehead atoms. The molecule has 6 rings (SSSR count). The van der Waals surface area contributed by atoms with Crippen LogP contribution in [0.15, 0.2) is 71.9 Å². The van der Waals surface area contributed by atoms with Crippen LogP contribution in [0.25, 0.3) is 0 Å². The Hall–Kier alpha value is -4.77. The first-order valence-electron chi connectivity index (χ1n) is 13.7. The Labute approximate surface area is 253 Å². The van der Waals surface area contributed by atoms with Crippen LogP contribution >= 0.6 is 11.8 Å². The average Bonchev–Trinajstić information content (AvgIpc) is 3.65. The van der Waals surface area contributed by atoms with Crippen LogP contribution in [-0.4, -0.2) is 46.0 Å². The highest BCUT2D eigenvalue weighted by Crippen LogP contribution is 2.38. The predicted molar refractivity (Wildman–Crippen MR) is 160 cm³/mol.